The second-order valence-electron chi connectivity index (χ2n) is 6.16. The zero-order valence-electron chi connectivity index (χ0n) is 16.2. The molecule has 0 aliphatic heterocycles. The lowest BCUT2D eigenvalue weighted by Gasteiger charge is -2.13. The molecule has 2 rings (SSSR count). The number of amides is 3. The quantitative estimate of drug-likeness (QED) is 0.496. The fraction of sp³-hybridized carbons (Fsp3) is 0.450. The third-order valence-electron chi connectivity index (χ3n) is 3.96. The van der Waals surface area contributed by atoms with Crippen LogP contribution < -0.4 is 20.1 Å². The second-order valence-corrected chi connectivity index (χ2v) is 6.16. The predicted octanol–water partition coefficient (Wildman–Crippen LogP) is 3.03. The van der Waals surface area contributed by atoms with Gasteiger partial charge in [0.1, 0.15) is 0 Å². The monoisotopic (exact) mass is 390 g/mol. The molecular weight excluding hydrogens is 364 g/mol. The summed E-state index contributed by atoms with van der Waals surface area (Å²) in [6, 6.07) is 4.18. The van der Waals surface area contributed by atoms with Crippen LogP contribution in [0.3, 0.4) is 0 Å². The second kappa shape index (κ2) is 11.0. The van der Waals surface area contributed by atoms with Crippen molar-refractivity contribution in [1.82, 2.24) is 5.32 Å². The molecule has 0 bridgehead atoms. The van der Waals surface area contributed by atoms with Gasteiger partial charge in [-0.1, -0.05) is 12.2 Å². The number of hydrogen-bond donors (Lipinski definition) is 2. The summed E-state index contributed by atoms with van der Waals surface area (Å²) in [7, 11) is 0. The number of carbonyl (C=O) groups is 3. The summed E-state index contributed by atoms with van der Waals surface area (Å²) in [5, 5.41) is 4.65. The molecule has 0 heterocycles. The Morgan fingerprint density at radius 1 is 1.11 bits per heavy atom. The smallest absolute Gasteiger partial charge is 0.325 e. The van der Waals surface area contributed by atoms with E-state index in [-0.39, 0.29) is 12.3 Å². The molecule has 0 unspecified atom stereocenters. The maximum Gasteiger partial charge on any atom is 0.325 e. The third-order valence-corrected chi connectivity index (χ3v) is 3.96. The average Bonchev–Trinajstić information content (AvgIpc) is 3.15. The van der Waals surface area contributed by atoms with Gasteiger partial charge in [0.15, 0.2) is 18.1 Å². The molecule has 1 aromatic carbocycles. The summed E-state index contributed by atoms with van der Waals surface area (Å²) in [4.78, 5) is 35.4. The van der Waals surface area contributed by atoms with Crippen LogP contribution in [0.4, 0.5) is 10.5 Å². The first-order valence-corrected chi connectivity index (χ1v) is 9.34. The van der Waals surface area contributed by atoms with E-state index in [9.17, 15) is 14.4 Å². The number of urea groups is 1. The van der Waals surface area contributed by atoms with E-state index in [1.807, 2.05) is 26.0 Å². The van der Waals surface area contributed by atoms with Gasteiger partial charge in [0.2, 0.25) is 0 Å². The van der Waals surface area contributed by atoms with Crippen molar-refractivity contribution in [2.75, 3.05) is 25.1 Å². The number of ether oxygens (including phenoxy) is 3. The highest BCUT2D eigenvalue weighted by Gasteiger charge is 2.17. The zero-order chi connectivity index (χ0) is 20.4. The number of imide groups is 1. The van der Waals surface area contributed by atoms with Gasteiger partial charge < -0.3 is 19.5 Å². The standard InChI is InChI=1S/C20H26N2O6/c1-3-26-16-10-9-15(12-17(16)27-4-2)21-20(25)22-18(23)13-28-19(24)11-14-7-5-6-8-14/h5,7,9-10,12,14H,3-4,6,8,11,13H2,1-2H3,(H2,21,22,23,25)/t14-/m1/s1. The zero-order valence-corrected chi connectivity index (χ0v) is 16.2. The normalized spacial score (nSPS) is 15.0. The van der Waals surface area contributed by atoms with Gasteiger partial charge in [0.05, 0.1) is 19.6 Å². The van der Waals surface area contributed by atoms with Gasteiger partial charge in [0.25, 0.3) is 5.91 Å². The summed E-state index contributed by atoms with van der Waals surface area (Å²) in [6.07, 6.45) is 6.10. The van der Waals surface area contributed by atoms with Crippen molar-refractivity contribution in [3.8, 4) is 11.5 Å². The molecule has 152 valence electrons. The summed E-state index contributed by atoms with van der Waals surface area (Å²) in [5.74, 6) is 0.0561. The molecule has 1 atom stereocenters. The number of allylic oxidation sites excluding steroid dienone is 2. The van der Waals surface area contributed by atoms with Crippen LogP contribution in [0.1, 0.15) is 33.1 Å². The lowest BCUT2D eigenvalue weighted by Crippen LogP contribution is -2.37. The van der Waals surface area contributed by atoms with Gasteiger partial charge in [-0.25, -0.2) is 4.79 Å². The molecule has 0 saturated carbocycles. The van der Waals surface area contributed by atoms with Crippen molar-refractivity contribution in [1.29, 1.82) is 0 Å². The maximum atomic E-state index is 12.0. The Labute approximate surface area is 164 Å². The van der Waals surface area contributed by atoms with E-state index in [0.717, 1.165) is 12.8 Å². The molecule has 0 spiro atoms. The van der Waals surface area contributed by atoms with Crippen molar-refractivity contribution >= 4 is 23.6 Å². The Hall–Kier alpha value is -3.03. The van der Waals surface area contributed by atoms with Crippen LogP contribution in [-0.4, -0.2) is 37.7 Å². The maximum absolute atomic E-state index is 12.0. The van der Waals surface area contributed by atoms with Crippen LogP contribution in [0, 0.1) is 5.92 Å². The number of esters is 1. The van der Waals surface area contributed by atoms with Gasteiger partial charge in [-0.05, 0) is 44.7 Å². The summed E-state index contributed by atoms with van der Waals surface area (Å²) < 4.78 is 15.9. The first kappa shape index (κ1) is 21.3. The number of nitrogens with one attached hydrogen (secondary N) is 2. The Morgan fingerprint density at radius 3 is 2.54 bits per heavy atom. The predicted molar refractivity (Wildman–Crippen MR) is 103 cm³/mol. The minimum absolute atomic E-state index is 0.165. The van der Waals surface area contributed by atoms with Crippen LogP contribution in [0.5, 0.6) is 11.5 Å². The van der Waals surface area contributed by atoms with E-state index in [2.05, 4.69) is 10.6 Å². The van der Waals surface area contributed by atoms with Crippen molar-refractivity contribution in [2.45, 2.75) is 33.1 Å². The highest BCUT2D eigenvalue weighted by atomic mass is 16.5. The number of carbonyl (C=O) groups excluding carboxylic acids is 3. The Morgan fingerprint density at radius 2 is 1.86 bits per heavy atom. The number of rotatable bonds is 9. The minimum Gasteiger partial charge on any atom is -0.490 e. The Kier molecular flexibility index (Phi) is 8.33. The van der Waals surface area contributed by atoms with Gasteiger partial charge in [-0.3, -0.25) is 14.9 Å². The van der Waals surface area contributed by atoms with Crippen LogP contribution in [-0.2, 0) is 14.3 Å². The van der Waals surface area contributed by atoms with Crippen LogP contribution in [0.2, 0.25) is 0 Å². The van der Waals surface area contributed by atoms with Crippen LogP contribution >= 0.6 is 0 Å². The SMILES string of the molecule is CCOc1ccc(NC(=O)NC(=O)COC(=O)C[C@@H]2C=CCC2)cc1OCC. The van der Waals surface area contributed by atoms with Crippen molar-refractivity contribution in [2.24, 2.45) is 5.92 Å². The molecule has 0 radical (unpaired) electrons. The van der Waals surface area contributed by atoms with Gasteiger partial charge in [-0.15, -0.1) is 0 Å². The van der Waals surface area contributed by atoms with Gasteiger partial charge in [0, 0.05) is 11.8 Å². The molecule has 8 heteroatoms. The largest absolute Gasteiger partial charge is 0.490 e. The highest BCUT2D eigenvalue weighted by molar-refractivity contribution is 6.02. The lowest BCUT2D eigenvalue weighted by molar-refractivity contribution is -0.148. The molecule has 0 fully saturated rings. The van der Waals surface area contributed by atoms with Gasteiger partial charge >= 0.3 is 12.0 Å². The Bertz CT molecular complexity index is 731. The van der Waals surface area contributed by atoms with Crippen LogP contribution in [0.15, 0.2) is 30.4 Å². The summed E-state index contributed by atoms with van der Waals surface area (Å²) >= 11 is 0. The highest BCUT2D eigenvalue weighted by Crippen LogP contribution is 2.30. The van der Waals surface area contributed by atoms with E-state index in [0.29, 0.717) is 30.4 Å². The molecule has 1 aliphatic rings. The Balaban J connectivity index is 1.78. The minimum atomic E-state index is -0.730. The van der Waals surface area contributed by atoms with E-state index in [1.165, 1.54) is 0 Å². The summed E-state index contributed by atoms with van der Waals surface area (Å²) in [5.41, 5.74) is 0.433. The molecule has 8 nitrogen and oxygen atoms in total. The first-order valence-electron chi connectivity index (χ1n) is 9.34. The molecule has 1 aromatic rings. The van der Waals surface area contributed by atoms with E-state index in [4.69, 9.17) is 14.2 Å². The van der Waals surface area contributed by atoms with Crippen LogP contribution in [0.25, 0.3) is 0 Å². The van der Waals surface area contributed by atoms with E-state index < -0.39 is 24.5 Å². The van der Waals surface area contributed by atoms with Gasteiger partial charge in [-0.2, -0.15) is 0 Å². The van der Waals surface area contributed by atoms with Crippen molar-refractivity contribution in [3.63, 3.8) is 0 Å². The van der Waals surface area contributed by atoms with E-state index in [1.54, 1.807) is 18.2 Å². The fourth-order valence-corrected chi connectivity index (χ4v) is 2.74. The first-order chi connectivity index (χ1) is 13.5. The fourth-order valence-electron chi connectivity index (χ4n) is 2.74. The molecular formula is C20H26N2O6. The number of hydrogen-bond acceptors (Lipinski definition) is 6. The van der Waals surface area contributed by atoms with E-state index >= 15 is 0 Å². The lowest BCUT2D eigenvalue weighted by atomic mass is 10.1. The third kappa shape index (κ3) is 6.94. The molecule has 0 saturated heterocycles. The topological polar surface area (TPSA) is 103 Å². The van der Waals surface area contributed by atoms with Crippen molar-refractivity contribution < 1.29 is 28.6 Å². The number of anilines is 1. The average molecular weight is 390 g/mol. The van der Waals surface area contributed by atoms with Crippen molar-refractivity contribution in [3.05, 3.63) is 30.4 Å². The summed E-state index contributed by atoms with van der Waals surface area (Å²) in [6.45, 7) is 4.12. The molecule has 0 aromatic heterocycles. The molecule has 1 aliphatic carbocycles. The molecule has 28 heavy (non-hydrogen) atoms. The molecule has 2 N–H and O–H groups in total. The number of benzene rings is 1. The molecule has 3 amide bonds.